The molecule has 0 saturated carbocycles. The Morgan fingerprint density at radius 3 is 2.35 bits per heavy atom. The third kappa shape index (κ3) is 3.06. The molecule has 2 aromatic carbocycles. The standard InChI is InChI=1S/C22H18F2N4O2S/c1-22(2)20(30)27(14-9-17(23)16(11-25)18(24)10-14)21(31)28(22)13-5-4-12-6-7-26(3)19(29)15(12)8-13/h4-5,8-10H,6-7H2,1-3H3. The summed E-state index contributed by atoms with van der Waals surface area (Å²) in [5.74, 6) is -2.76. The van der Waals surface area contributed by atoms with E-state index in [9.17, 15) is 18.4 Å². The Kier molecular flexibility index (Phi) is 4.78. The number of thiocarbonyl (C=S) groups is 1. The number of rotatable bonds is 2. The number of benzene rings is 2. The number of hydrogen-bond donors (Lipinski definition) is 0. The highest BCUT2D eigenvalue weighted by atomic mass is 32.1. The number of carbonyl (C=O) groups is 2. The zero-order valence-electron chi connectivity index (χ0n) is 17.1. The van der Waals surface area contributed by atoms with Gasteiger partial charge in [-0.3, -0.25) is 14.5 Å². The topological polar surface area (TPSA) is 67.7 Å². The molecule has 6 nitrogen and oxygen atoms in total. The van der Waals surface area contributed by atoms with Crippen LogP contribution in [-0.2, 0) is 11.2 Å². The van der Waals surface area contributed by atoms with Crippen molar-refractivity contribution < 1.29 is 18.4 Å². The second-order valence-electron chi connectivity index (χ2n) is 8.03. The molecule has 2 aromatic rings. The van der Waals surface area contributed by atoms with Gasteiger partial charge in [-0.1, -0.05) is 6.07 Å². The molecule has 4 rings (SSSR count). The predicted octanol–water partition coefficient (Wildman–Crippen LogP) is 3.38. The average Bonchev–Trinajstić information content (AvgIpc) is 2.88. The number of halogens is 2. The molecule has 0 radical (unpaired) electrons. The molecule has 1 fully saturated rings. The average molecular weight is 440 g/mol. The van der Waals surface area contributed by atoms with E-state index in [0.717, 1.165) is 29.0 Å². The molecule has 2 heterocycles. The number of hydrogen-bond acceptors (Lipinski definition) is 4. The van der Waals surface area contributed by atoms with E-state index in [1.165, 1.54) is 6.07 Å². The number of nitrogens with zero attached hydrogens (tertiary/aromatic N) is 4. The van der Waals surface area contributed by atoms with Crippen LogP contribution in [0.4, 0.5) is 20.2 Å². The van der Waals surface area contributed by atoms with Crippen LogP contribution >= 0.6 is 12.2 Å². The van der Waals surface area contributed by atoms with Gasteiger partial charge in [-0.25, -0.2) is 8.78 Å². The first-order valence-corrected chi connectivity index (χ1v) is 9.95. The van der Waals surface area contributed by atoms with Crippen LogP contribution in [0.15, 0.2) is 30.3 Å². The monoisotopic (exact) mass is 440 g/mol. The zero-order chi connectivity index (χ0) is 22.7. The summed E-state index contributed by atoms with van der Waals surface area (Å²) in [6.45, 7) is 3.91. The number of fused-ring (bicyclic) bond motifs is 1. The first-order chi connectivity index (χ1) is 14.6. The van der Waals surface area contributed by atoms with Crippen molar-refractivity contribution in [2.75, 3.05) is 23.4 Å². The lowest BCUT2D eigenvalue weighted by atomic mass is 9.97. The lowest BCUT2D eigenvalue weighted by Gasteiger charge is -2.31. The minimum absolute atomic E-state index is 0.0232. The molecule has 0 spiro atoms. The summed E-state index contributed by atoms with van der Waals surface area (Å²) in [4.78, 5) is 30.1. The minimum atomic E-state index is -1.17. The fraction of sp³-hybridized carbons (Fsp3) is 0.273. The van der Waals surface area contributed by atoms with Crippen molar-refractivity contribution in [1.82, 2.24) is 4.90 Å². The Bertz CT molecular complexity index is 1180. The molecular weight excluding hydrogens is 422 g/mol. The van der Waals surface area contributed by atoms with E-state index in [2.05, 4.69) is 0 Å². The third-order valence-corrected chi connectivity index (χ3v) is 6.08. The highest BCUT2D eigenvalue weighted by molar-refractivity contribution is 7.81. The van der Waals surface area contributed by atoms with Gasteiger partial charge >= 0.3 is 0 Å². The number of likely N-dealkylation sites (N-methyl/N-ethyl adjacent to an activating group) is 1. The van der Waals surface area contributed by atoms with Crippen LogP contribution in [0.5, 0.6) is 0 Å². The summed E-state index contributed by atoms with van der Waals surface area (Å²) >= 11 is 5.53. The number of nitriles is 1. The normalized spacial score (nSPS) is 17.8. The molecule has 0 bridgehead atoms. The van der Waals surface area contributed by atoms with Crippen molar-refractivity contribution in [2.24, 2.45) is 0 Å². The number of anilines is 2. The summed E-state index contributed by atoms with van der Waals surface area (Å²) in [5, 5.41) is 8.92. The van der Waals surface area contributed by atoms with Crippen molar-refractivity contribution >= 4 is 40.5 Å². The maximum Gasteiger partial charge on any atom is 0.259 e. The van der Waals surface area contributed by atoms with Crippen molar-refractivity contribution in [3.8, 4) is 6.07 Å². The highest BCUT2D eigenvalue weighted by Crippen LogP contribution is 2.38. The number of carbonyl (C=O) groups excluding carboxylic acids is 2. The molecule has 0 N–H and O–H groups in total. The van der Waals surface area contributed by atoms with Crippen LogP contribution in [0.1, 0.15) is 35.3 Å². The molecule has 2 aliphatic rings. The Balaban J connectivity index is 1.80. The fourth-order valence-corrected chi connectivity index (χ4v) is 4.49. The Morgan fingerprint density at radius 1 is 1.10 bits per heavy atom. The van der Waals surface area contributed by atoms with Gasteiger partial charge in [0.15, 0.2) is 5.11 Å². The van der Waals surface area contributed by atoms with Gasteiger partial charge in [-0.2, -0.15) is 5.26 Å². The maximum absolute atomic E-state index is 14.2. The molecular formula is C22H18F2N4O2S. The second kappa shape index (κ2) is 7.10. The van der Waals surface area contributed by atoms with Gasteiger partial charge in [0.1, 0.15) is 28.8 Å². The summed E-state index contributed by atoms with van der Waals surface area (Å²) in [6, 6.07) is 8.59. The largest absolute Gasteiger partial charge is 0.341 e. The van der Waals surface area contributed by atoms with E-state index in [4.69, 9.17) is 17.5 Å². The van der Waals surface area contributed by atoms with E-state index in [1.807, 2.05) is 6.07 Å². The van der Waals surface area contributed by atoms with Gasteiger partial charge in [-0.05, 0) is 62.3 Å². The highest BCUT2D eigenvalue weighted by Gasteiger charge is 2.50. The van der Waals surface area contributed by atoms with Crippen LogP contribution in [0, 0.1) is 23.0 Å². The summed E-state index contributed by atoms with van der Waals surface area (Å²) in [6.07, 6.45) is 0.723. The molecule has 0 aromatic heterocycles. The quantitative estimate of drug-likeness (QED) is 0.670. The first kappa shape index (κ1) is 20.9. The lowest BCUT2D eigenvalue weighted by Crippen LogP contribution is -2.44. The summed E-state index contributed by atoms with van der Waals surface area (Å²) < 4.78 is 28.4. The SMILES string of the molecule is CN1CCc2ccc(N3C(=S)N(c4cc(F)c(C#N)c(F)c4)C(=O)C3(C)C)cc2C1=O. The molecule has 0 unspecified atom stereocenters. The van der Waals surface area contributed by atoms with Gasteiger partial charge in [0.25, 0.3) is 11.8 Å². The molecule has 0 aliphatic carbocycles. The van der Waals surface area contributed by atoms with Crippen LogP contribution in [0.3, 0.4) is 0 Å². The van der Waals surface area contributed by atoms with Gasteiger partial charge in [0, 0.05) is 24.8 Å². The number of amides is 2. The molecule has 2 aliphatic heterocycles. The first-order valence-electron chi connectivity index (χ1n) is 9.54. The van der Waals surface area contributed by atoms with Crippen molar-refractivity contribution in [1.29, 1.82) is 5.26 Å². The van der Waals surface area contributed by atoms with E-state index in [1.54, 1.807) is 42.8 Å². The molecule has 158 valence electrons. The molecule has 2 amide bonds. The van der Waals surface area contributed by atoms with E-state index in [-0.39, 0.29) is 16.7 Å². The molecule has 1 saturated heterocycles. The third-order valence-electron chi connectivity index (χ3n) is 5.71. The smallest absolute Gasteiger partial charge is 0.259 e. The van der Waals surface area contributed by atoms with E-state index >= 15 is 0 Å². The van der Waals surface area contributed by atoms with Gasteiger partial charge in [0.2, 0.25) is 0 Å². The van der Waals surface area contributed by atoms with Crippen LogP contribution in [0.25, 0.3) is 0 Å². The lowest BCUT2D eigenvalue weighted by molar-refractivity contribution is -0.120. The van der Waals surface area contributed by atoms with Crippen LogP contribution < -0.4 is 9.80 Å². The second-order valence-corrected chi connectivity index (χ2v) is 8.40. The Morgan fingerprint density at radius 2 is 1.74 bits per heavy atom. The van der Waals surface area contributed by atoms with Crippen LogP contribution in [-0.4, -0.2) is 41.0 Å². The summed E-state index contributed by atoms with van der Waals surface area (Å²) in [7, 11) is 1.72. The van der Waals surface area contributed by atoms with E-state index < -0.39 is 28.6 Å². The molecule has 0 atom stereocenters. The predicted molar refractivity (Wildman–Crippen MR) is 115 cm³/mol. The Labute approximate surface area is 183 Å². The van der Waals surface area contributed by atoms with Crippen molar-refractivity contribution in [3.05, 3.63) is 58.7 Å². The minimum Gasteiger partial charge on any atom is -0.341 e. The van der Waals surface area contributed by atoms with Crippen LogP contribution in [0.2, 0.25) is 0 Å². The van der Waals surface area contributed by atoms with Crippen molar-refractivity contribution in [3.63, 3.8) is 0 Å². The molecule has 31 heavy (non-hydrogen) atoms. The van der Waals surface area contributed by atoms with E-state index in [0.29, 0.717) is 17.8 Å². The van der Waals surface area contributed by atoms with Gasteiger partial charge in [0.05, 0.1) is 5.69 Å². The van der Waals surface area contributed by atoms with Gasteiger partial charge < -0.3 is 9.80 Å². The summed E-state index contributed by atoms with van der Waals surface area (Å²) in [5.41, 5.74) is -0.0261. The molecule has 9 heteroatoms. The fourth-order valence-electron chi connectivity index (χ4n) is 3.97. The van der Waals surface area contributed by atoms with Crippen molar-refractivity contribution in [2.45, 2.75) is 25.8 Å². The van der Waals surface area contributed by atoms with Gasteiger partial charge in [-0.15, -0.1) is 0 Å². The zero-order valence-corrected chi connectivity index (χ0v) is 17.9. The Hall–Kier alpha value is -3.38. The maximum atomic E-state index is 14.2.